The van der Waals surface area contributed by atoms with Crippen LogP contribution in [0.25, 0.3) is 11.0 Å². The lowest BCUT2D eigenvalue weighted by molar-refractivity contribution is 0.447. The van der Waals surface area contributed by atoms with Crippen LogP contribution in [0.15, 0.2) is 22.7 Å². The number of hydrogen-bond acceptors (Lipinski definition) is 2. The molecule has 0 atom stereocenters. The minimum atomic E-state index is 0.581. The molecule has 0 aliphatic heterocycles. The fourth-order valence-corrected chi connectivity index (χ4v) is 1.70. The van der Waals surface area contributed by atoms with Crippen molar-refractivity contribution in [2.45, 2.75) is 19.8 Å². The van der Waals surface area contributed by atoms with Gasteiger partial charge in [-0.15, -0.1) is 11.6 Å². The van der Waals surface area contributed by atoms with Gasteiger partial charge in [0.05, 0.1) is 5.69 Å². The van der Waals surface area contributed by atoms with E-state index in [0.717, 1.165) is 29.5 Å². The molecule has 2 aromatic rings. The van der Waals surface area contributed by atoms with Crippen molar-refractivity contribution in [1.29, 1.82) is 0 Å². The number of hydrogen-bond donors (Lipinski definition) is 0. The molecule has 2 nitrogen and oxygen atoms in total. The summed E-state index contributed by atoms with van der Waals surface area (Å²) in [5.41, 5.74) is 3.09. The number of benzene rings is 1. The molecule has 0 aliphatic carbocycles. The van der Waals surface area contributed by atoms with Gasteiger partial charge in [0, 0.05) is 17.7 Å². The van der Waals surface area contributed by atoms with Crippen LogP contribution in [0.5, 0.6) is 0 Å². The summed E-state index contributed by atoms with van der Waals surface area (Å²) < 4.78 is 5.24. The lowest BCUT2D eigenvalue weighted by Gasteiger charge is -1.95. The summed E-state index contributed by atoms with van der Waals surface area (Å²) in [5, 5.41) is 5.09. The lowest BCUT2D eigenvalue weighted by atomic mass is 10.1. The SMILES string of the molecule is CCc1ccc2c(CCCl)noc2c1. The summed E-state index contributed by atoms with van der Waals surface area (Å²) in [6.45, 7) is 2.12. The van der Waals surface area contributed by atoms with E-state index in [-0.39, 0.29) is 0 Å². The Balaban J connectivity index is 2.48. The monoisotopic (exact) mass is 209 g/mol. The third-order valence-corrected chi connectivity index (χ3v) is 2.54. The Hall–Kier alpha value is -1.02. The molecule has 2 rings (SSSR count). The Morgan fingerprint density at radius 1 is 1.43 bits per heavy atom. The van der Waals surface area contributed by atoms with Crippen LogP contribution in [-0.2, 0) is 12.8 Å². The Morgan fingerprint density at radius 3 is 3.00 bits per heavy atom. The standard InChI is InChI=1S/C11H12ClNO/c1-2-8-3-4-9-10(5-6-12)13-14-11(9)7-8/h3-4,7H,2,5-6H2,1H3. The van der Waals surface area contributed by atoms with Crippen LogP contribution in [0.4, 0.5) is 0 Å². The zero-order valence-corrected chi connectivity index (χ0v) is 8.84. The average Bonchev–Trinajstić information content (AvgIpc) is 2.61. The summed E-state index contributed by atoms with van der Waals surface area (Å²) in [7, 11) is 0. The fraction of sp³-hybridized carbons (Fsp3) is 0.364. The van der Waals surface area contributed by atoms with E-state index in [0.29, 0.717) is 5.88 Å². The molecular weight excluding hydrogens is 198 g/mol. The highest BCUT2D eigenvalue weighted by Gasteiger charge is 2.07. The van der Waals surface area contributed by atoms with Gasteiger partial charge in [-0.2, -0.15) is 0 Å². The number of aromatic nitrogens is 1. The van der Waals surface area contributed by atoms with E-state index >= 15 is 0 Å². The first-order valence-electron chi connectivity index (χ1n) is 4.78. The van der Waals surface area contributed by atoms with Gasteiger partial charge in [0.25, 0.3) is 0 Å². The molecule has 0 amide bonds. The lowest BCUT2D eigenvalue weighted by Crippen LogP contribution is -1.86. The normalized spacial score (nSPS) is 11.0. The number of aryl methyl sites for hydroxylation is 2. The van der Waals surface area contributed by atoms with E-state index in [2.05, 4.69) is 24.2 Å². The first-order chi connectivity index (χ1) is 6.85. The topological polar surface area (TPSA) is 26.0 Å². The summed E-state index contributed by atoms with van der Waals surface area (Å²) in [6.07, 6.45) is 1.78. The number of alkyl halides is 1. The van der Waals surface area contributed by atoms with Gasteiger partial charge >= 0.3 is 0 Å². The second-order valence-corrected chi connectivity index (χ2v) is 3.63. The number of halogens is 1. The molecule has 0 saturated carbocycles. The van der Waals surface area contributed by atoms with E-state index < -0.39 is 0 Å². The van der Waals surface area contributed by atoms with Crippen molar-refractivity contribution in [3.63, 3.8) is 0 Å². The van der Waals surface area contributed by atoms with Crippen LogP contribution in [0.1, 0.15) is 18.2 Å². The highest BCUT2D eigenvalue weighted by Crippen LogP contribution is 2.20. The largest absolute Gasteiger partial charge is 0.356 e. The molecule has 1 heterocycles. The van der Waals surface area contributed by atoms with Crippen molar-refractivity contribution in [2.24, 2.45) is 0 Å². The third kappa shape index (κ3) is 1.62. The summed E-state index contributed by atoms with van der Waals surface area (Å²) in [4.78, 5) is 0. The molecule has 0 radical (unpaired) electrons. The van der Waals surface area contributed by atoms with E-state index in [1.807, 2.05) is 6.07 Å². The fourth-order valence-electron chi connectivity index (χ4n) is 1.52. The van der Waals surface area contributed by atoms with Gasteiger partial charge < -0.3 is 4.52 Å². The molecule has 0 unspecified atom stereocenters. The molecule has 0 N–H and O–H groups in total. The van der Waals surface area contributed by atoms with Crippen molar-refractivity contribution in [1.82, 2.24) is 5.16 Å². The van der Waals surface area contributed by atoms with Gasteiger partial charge in [-0.25, -0.2) is 0 Å². The molecule has 0 saturated heterocycles. The number of fused-ring (bicyclic) bond motifs is 1. The van der Waals surface area contributed by atoms with Gasteiger partial charge in [-0.05, 0) is 24.1 Å². The van der Waals surface area contributed by atoms with Crippen molar-refractivity contribution >= 4 is 22.6 Å². The van der Waals surface area contributed by atoms with Crippen molar-refractivity contribution in [3.8, 4) is 0 Å². The predicted octanol–water partition coefficient (Wildman–Crippen LogP) is 3.17. The van der Waals surface area contributed by atoms with Crippen molar-refractivity contribution in [2.75, 3.05) is 5.88 Å². The molecule has 74 valence electrons. The van der Waals surface area contributed by atoms with E-state index in [9.17, 15) is 0 Å². The van der Waals surface area contributed by atoms with Gasteiger partial charge in [0.1, 0.15) is 0 Å². The smallest absolute Gasteiger partial charge is 0.167 e. The molecular formula is C11H12ClNO. The van der Waals surface area contributed by atoms with Gasteiger partial charge in [0.2, 0.25) is 0 Å². The van der Waals surface area contributed by atoms with E-state index in [4.69, 9.17) is 16.1 Å². The van der Waals surface area contributed by atoms with Crippen LogP contribution < -0.4 is 0 Å². The Morgan fingerprint density at radius 2 is 2.29 bits per heavy atom. The maximum Gasteiger partial charge on any atom is 0.167 e. The maximum atomic E-state index is 5.67. The predicted molar refractivity (Wildman–Crippen MR) is 57.8 cm³/mol. The molecule has 0 spiro atoms. The zero-order chi connectivity index (χ0) is 9.97. The van der Waals surface area contributed by atoms with Crippen molar-refractivity contribution < 1.29 is 4.52 Å². The molecule has 0 bridgehead atoms. The van der Waals surface area contributed by atoms with Gasteiger partial charge in [0.15, 0.2) is 5.58 Å². The Bertz CT molecular complexity index is 436. The Kier molecular flexibility index (Phi) is 2.73. The number of nitrogens with zero attached hydrogens (tertiary/aromatic N) is 1. The summed E-state index contributed by atoms with van der Waals surface area (Å²) in [5.74, 6) is 0.581. The molecule has 1 aromatic heterocycles. The summed E-state index contributed by atoms with van der Waals surface area (Å²) >= 11 is 5.67. The molecule has 14 heavy (non-hydrogen) atoms. The molecule has 0 fully saturated rings. The summed E-state index contributed by atoms with van der Waals surface area (Å²) in [6, 6.07) is 6.21. The second-order valence-electron chi connectivity index (χ2n) is 3.25. The van der Waals surface area contributed by atoms with E-state index in [1.165, 1.54) is 5.56 Å². The van der Waals surface area contributed by atoms with Crippen LogP contribution in [0, 0.1) is 0 Å². The van der Waals surface area contributed by atoms with E-state index in [1.54, 1.807) is 0 Å². The quantitative estimate of drug-likeness (QED) is 0.726. The van der Waals surface area contributed by atoms with Gasteiger partial charge in [-0.1, -0.05) is 18.1 Å². The van der Waals surface area contributed by atoms with Crippen LogP contribution in [0.2, 0.25) is 0 Å². The molecule has 0 aliphatic rings. The average molecular weight is 210 g/mol. The highest BCUT2D eigenvalue weighted by molar-refractivity contribution is 6.18. The minimum absolute atomic E-state index is 0.581. The second kappa shape index (κ2) is 4.01. The van der Waals surface area contributed by atoms with Crippen LogP contribution in [0.3, 0.4) is 0 Å². The number of rotatable bonds is 3. The van der Waals surface area contributed by atoms with Gasteiger partial charge in [-0.3, -0.25) is 0 Å². The molecule has 3 heteroatoms. The van der Waals surface area contributed by atoms with Crippen molar-refractivity contribution in [3.05, 3.63) is 29.5 Å². The molecule has 1 aromatic carbocycles. The third-order valence-electron chi connectivity index (χ3n) is 2.35. The highest BCUT2D eigenvalue weighted by atomic mass is 35.5. The minimum Gasteiger partial charge on any atom is -0.356 e. The Labute approximate surface area is 87.8 Å². The van der Waals surface area contributed by atoms with Crippen LogP contribution >= 0.6 is 11.6 Å². The zero-order valence-electron chi connectivity index (χ0n) is 8.09. The first kappa shape index (κ1) is 9.53. The first-order valence-corrected chi connectivity index (χ1v) is 5.31. The maximum absolute atomic E-state index is 5.67. The van der Waals surface area contributed by atoms with Crippen LogP contribution in [-0.4, -0.2) is 11.0 Å².